The maximum absolute atomic E-state index is 10.9. The van der Waals surface area contributed by atoms with Crippen LogP contribution in [-0.4, -0.2) is 28.3 Å². The lowest BCUT2D eigenvalue weighted by Gasteiger charge is -2.37. The summed E-state index contributed by atoms with van der Waals surface area (Å²) >= 11 is 5.43. The van der Waals surface area contributed by atoms with Crippen molar-refractivity contribution in [3.05, 3.63) is 0 Å². The molecule has 0 aromatic heterocycles. The van der Waals surface area contributed by atoms with E-state index in [9.17, 15) is 4.79 Å². The topological polar surface area (TPSA) is 20.3 Å². The van der Waals surface area contributed by atoms with Crippen LogP contribution in [0.4, 0.5) is 0 Å². The third-order valence-corrected chi connectivity index (χ3v) is 2.31. The molecule has 0 N–H and O–H groups in total. The van der Waals surface area contributed by atoms with E-state index in [0.29, 0.717) is 0 Å². The zero-order valence-corrected chi connectivity index (χ0v) is 9.27. The van der Waals surface area contributed by atoms with Gasteiger partial charge in [-0.15, -0.1) is 0 Å². The Hall–Kier alpha value is -0.0800. The molecule has 0 saturated carbocycles. The second kappa shape index (κ2) is 4.24. The summed E-state index contributed by atoms with van der Waals surface area (Å²) in [6.07, 6.45) is 0. The van der Waals surface area contributed by atoms with E-state index < -0.39 is 0 Å². The van der Waals surface area contributed by atoms with Gasteiger partial charge in [-0.05, 0) is 45.8 Å². The monoisotopic (exact) mass is 191 g/mol. The number of nitrogens with zero attached hydrogens (tertiary/aromatic N) is 1. The van der Waals surface area contributed by atoms with Crippen molar-refractivity contribution >= 4 is 16.8 Å². The Kier molecular flexibility index (Phi) is 4.21. The second-order valence-corrected chi connectivity index (χ2v) is 4.31. The summed E-state index contributed by atoms with van der Waals surface area (Å²) in [5.74, 6) is 0. The molecule has 0 amide bonds. The number of halogens is 1. The number of likely N-dealkylation sites (N-methyl/N-ethyl adjacent to an activating group) is 1. The Balaban J connectivity index is 4.45. The van der Waals surface area contributed by atoms with Crippen molar-refractivity contribution in [1.29, 1.82) is 0 Å². The molecule has 0 aromatic carbocycles. The molecule has 2 nitrogen and oxygen atoms in total. The average Bonchev–Trinajstić information content (AvgIpc) is 1.85. The average molecular weight is 192 g/mol. The Morgan fingerprint density at radius 1 is 1.50 bits per heavy atom. The van der Waals surface area contributed by atoms with Crippen molar-refractivity contribution in [2.45, 2.75) is 46.2 Å². The van der Waals surface area contributed by atoms with Gasteiger partial charge in [0.1, 0.15) is 0 Å². The molecule has 0 bridgehead atoms. The van der Waals surface area contributed by atoms with Crippen LogP contribution >= 0.6 is 11.6 Å². The van der Waals surface area contributed by atoms with Gasteiger partial charge in [-0.25, -0.2) is 0 Å². The van der Waals surface area contributed by atoms with Crippen molar-refractivity contribution in [3.8, 4) is 0 Å². The first-order valence-electron chi connectivity index (χ1n) is 4.26. The van der Waals surface area contributed by atoms with Crippen LogP contribution in [0.15, 0.2) is 0 Å². The summed E-state index contributed by atoms with van der Waals surface area (Å²) in [6.45, 7) is 10.9. The molecule has 0 aliphatic rings. The molecule has 0 rings (SSSR count). The molecule has 1 atom stereocenters. The van der Waals surface area contributed by atoms with Crippen LogP contribution in [0.3, 0.4) is 0 Å². The SMILES string of the molecule is CCN(C(C)C(=O)Cl)C(C)(C)C. The summed E-state index contributed by atoms with van der Waals surface area (Å²) in [5, 5.41) is -0.285. The highest BCUT2D eigenvalue weighted by Gasteiger charge is 2.27. The highest BCUT2D eigenvalue weighted by molar-refractivity contribution is 6.64. The zero-order valence-electron chi connectivity index (χ0n) is 8.52. The zero-order chi connectivity index (χ0) is 9.94. The van der Waals surface area contributed by atoms with E-state index in [-0.39, 0.29) is 16.8 Å². The van der Waals surface area contributed by atoms with Gasteiger partial charge in [0.05, 0.1) is 6.04 Å². The minimum absolute atomic E-state index is 0.00127. The Labute approximate surface area is 79.9 Å². The molecule has 0 aromatic rings. The van der Waals surface area contributed by atoms with E-state index in [1.807, 2.05) is 13.8 Å². The summed E-state index contributed by atoms with van der Waals surface area (Å²) in [4.78, 5) is 13.0. The van der Waals surface area contributed by atoms with Crippen LogP contribution in [0.25, 0.3) is 0 Å². The molecule has 0 aliphatic heterocycles. The van der Waals surface area contributed by atoms with E-state index in [1.165, 1.54) is 0 Å². The maximum atomic E-state index is 10.9. The maximum Gasteiger partial charge on any atom is 0.238 e. The quantitative estimate of drug-likeness (QED) is 0.638. The van der Waals surface area contributed by atoms with Crippen molar-refractivity contribution in [2.75, 3.05) is 6.54 Å². The van der Waals surface area contributed by atoms with Gasteiger partial charge in [-0.3, -0.25) is 9.69 Å². The highest BCUT2D eigenvalue weighted by atomic mass is 35.5. The molecular weight excluding hydrogens is 174 g/mol. The van der Waals surface area contributed by atoms with Crippen molar-refractivity contribution in [3.63, 3.8) is 0 Å². The summed E-state index contributed by atoms with van der Waals surface area (Å²) in [6, 6.07) is -0.198. The lowest BCUT2D eigenvalue weighted by atomic mass is 10.0. The van der Waals surface area contributed by atoms with E-state index in [2.05, 4.69) is 25.7 Å². The summed E-state index contributed by atoms with van der Waals surface area (Å²) < 4.78 is 0. The molecule has 0 spiro atoms. The molecule has 1 unspecified atom stereocenters. The van der Waals surface area contributed by atoms with Gasteiger partial charge in [0, 0.05) is 5.54 Å². The smallest absolute Gasteiger partial charge is 0.238 e. The number of rotatable bonds is 3. The van der Waals surface area contributed by atoms with Gasteiger partial charge in [-0.2, -0.15) is 0 Å². The Bertz CT molecular complexity index is 162. The predicted octanol–water partition coefficient (Wildman–Crippen LogP) is 2.26. The van der Waals surface area contributed by atoms with Crippen LogP contribution in [-0.2, 0) is 4.79 Å². The Morgan fingerprint density at radius 3 is 2.00 bits per heavy atom. The van der Waals surface area contributed by atoms with Crippen LogP contribution < -0.4 is 0 Å². The fourth-order valence-corrected chi connectivity index (χ4v) is 1.57. The van der Waals surface area contributed by atoms with Crippen molar-refractivity contribution in [2.24, 2.45) is 0 Å². The number of hydrogen-bond donors (Lipinski definition) is 0. The van der Waals surface area contributed by atoms with Gasteiger partial charge in [0.25, 0.3) is 0 Å². The normalized spacial score (nSPS) is 14.9. The number of carbonyl (C=O) groups is 1. The first-order chi connectivity index (χ1) is 5.30. The molecule has 0 fully saturated rings. The minimum Gasteiger partial charge on any atom is -0.288 e. The Morgan fingerprint density at radius 2 is 1.92 bits per heavy atom. The van der Waals surface area contributed by atoms with E-state index in [0.717, 1.165) is 6.54 Å². The third-order valence-electron chi connectivity index (χ3n) is 2.00. The van der Waals surface area contributed by atoms with Gasteiger partial charge in [-0.1, -0.05) is 6.92 Å². The summed E-state index contributed by atoms with van der Waals surface area (Å²) in [7, 11) is 0. The van der Waals surface area contributed by atoms with Crippen LogP contribution in [0.1, 0.15) is 34.6 Å². The highest BCUT2D eigenvalue weighted by Crippen LogP contribution is 2.17. The van der Waals surface area contributed by atoms with Crippen molar-refractivity contribution in [1.82, 2.24) is 4.90 Å². The lowest BCUT2D eigenvalue weighted by molar-refractivity contribution is -0.117. The van der Waals surface area contributed by atoms with E-state index in [4.69, 9.17) is 11.6 Å². The van der Waals surface area contributed by atoms with E-state index >= 15 is 0 Å². The fourth-order valence-electron chi connectivity index (χ4n) is 1.45. The van der Waals surface area contributed by atoms with E-state index in [1.54, 1.807) is 0 Å². The molecule has 0 aliphatic carbocycles. The standard InChI is InChI=1S/C9H18ClNO/c1-6-11(9(3,4)5)7(2)8(10)12/h7H,6H2,1-5H3. The number of hydrogen-bond acceptors (Lipinski definition) is 2. The van der Waals surface area contributed by atoms with Gasteiger partial charge < -0.3 is 0 Å². The molecule has 0 saturated heterocycles. The van der Waals surface area contributed by atoms with Crippen LogP contribution in [0.5, 0.6) is 0 Å². The van der Waals surface area contributed by atoms with Crippen LogP contribution in [0, 0.1) is 0 Å². The molecule has 3 heteroatoms. The van der Waals surface area contributed by atoms with Gasteiger partial charge in [0.15, 0.2) is 0 Å². The first kappa shape index (κ1) is 11.9. The predicted molar refractivity (Wildman–Crippen MR) is 52.5 cm³/mol. The molecule has 0 heterocycles. The largest absolute Gasteiger partial charge is 0.288 e. The van der Waals surface area contributed by atoms with Crippen LogP contribution in [0.2, 0.25) is 0 Å². The van der Waals surface area contributed by atoms with Gasteiger partial charge in [0.2, 0.25) is 5.24 Å². The fraction of sp³-hybridized carbons (Fsp3) is 0.889. The third kappa shape index (κ3) is 3.11. The first-order valence-corrected chi connectivity index (χ1v) is 4.64. The second-order valence-electron chi connectivity index (χ2n) is 3.94. The summed E-state index contributed by atoms with van der Waals surface area (Å²) in [5.41, 5.74) is -0.00127. The lowest BCUT2D eigenvalue weighted by Crippen LogP contribution is -2.49. The molecular formula is C9H18ClNO. The molecule has 72 valence electrons. The molecule has 12 heavy (non-hydrogen) atoms. The van der Waals surface area contributed by atoms with Crippen molar-refractivity contribution < 1.29 is 4.79 Å². The van der Waals surface area contributed by atoms with Gasteiger partial charge >= 0.3 is 0 Å². The number of carbonyl (C=O) groups excluding carboxylic acids is 1. The molecule has 0 radical (unpaired) electrons. The minimum atomic E-state index is -0.285.